The van der Waals surface area contributed by atoms with E-state index >= 15 is 0 Å². The number of hydrogen-bond acceptors (Lipinski definition) is 3. The molecule has 2 heterocycles. The second-order valence-corrected chi connectivity index (χ2v) is 5.81. The van der Waals surface area contributed by atoms with Gasteiger partial charge < -0.3 is 10.4 Å². The summed E-state index contributed by atoms with van der Waals surface area (Å²) in [7, 11) is 0. The van der Waals surface area contributed by atoms with Crippen molar-refractivity contribution in [2.45, 2.75) is 38.1 Å². The second-order valence-electron chi connectivity index (χ2n) is 5.81. The number of aromatic hydroxyl groups is 1. The monoisotopic (exact) mass is 282 g/mol. The van der Waals surface area contributed by atoms with Crippen LogP contribution >= 0.6 is 0 Å². The van der Waals surface area contributed by atoms with Gasteiger partial charge in [-0.1, -0.05) is 12.5 Å². The van der Waals surface area contributed by atoms with Crippen LogP contribution in [-0.4, -0.2) is 22.7 Å². The largest absolute Gasteiger partial charge is 0.508 e. The molecule has 1 aliphatic rings. The summed E-state index contributed by atoms with van der Waals surface area (Å²) < 4.78 is 0. The van der Waals surface area contributed by atoms with Gasteiger partial charge in [0.25, 0.3) is 0 Å². The molecule has 0 spiro atoms. The van der Waals surface area contributed by atoms with Crippen molar-refractivity contribution >= 4 is 0 Å². The van der Waals surface area contributed by atoms with Crippen molar-refractivity contribution in [3.63, 3.8) is 0 Å². The van der Waals surface area contributed by atoms with Gasteiger partial charge in [0.1, 0.15) is 5.75 Å². The summed E-state index contributed by atoms with van der Waals surface area (Å²) >= 11 is 0. The molecule has 1 atom stereocenters. The third-order valence-electron chi connectivity index (χ3n) is 4.19. The Labute approximate surface area is 126 Å². The number of phenolic OH excluding ortho intramolecular Hbond substituents is 1. The molecule has 0 aliphatic carbocycles. The third kappa shape index (κ3) is 3.82. The quantitative estimate of drug-likeness (QED) is 0.901. The molecule has 0 saturated carbocycles. The van der Waals surface area contributed by atoms with Gasteiger partial charge in [-0.15, -0.1) is 0 Å². The number of aromatic nitrogens is 1. The summed E-state index contributed by atoms with van der Waals surface area (Å²) in [4.78, 5) is 4.04. The van der Waals surface area contributed by atoms with E-state index in [0.717, 1.165) is 30.5 Å². The number of hydrogen-bond donors (Lipinski definition) is 2. The lowest BCUT2D eigenvalue weighted by Crippen LogP contribution is -2.34. The molecule has 0 amide bonds. The van der Waals surface area contributed by atoms with Crippen LogP contribution in [0.25, 0.3) is 11.1 Å². The van der Waals surface area contributed by atoms with Crippen LogP contribution in [0.5, 0.6) is 5.75 Å². The molecule has 0 unspecified atom stereocenters. The van der Waals surface area contributed by atoms with Gasteiger partial charge >= 0.3 is 0 Å². The fraction of sp³-hybridized carbons (Fsp3) is 0.389. The molecule has 21 heavy (non-hydrogen) atoms. The Balaban J connectivity index is 1.72. The summed E-state index contributed by atoms with van der Waals surface area (Å²) in [6, 6.07) is 10.5. The number of pyridine rings is 1. The van der Waals surface area contributed by atoms with Crippen molar-refractivity contribution in [2.75, 3.05) is 6.54 Å². The van der Waals surface area contributed by atoms with Gasteiger partial charge in [-0.3, -0.25) is 4.98 Å². The van der Waals surface area contributed by atoms with Crippen LogP contribution in [-0.2, 0) is 6.42 Å². The first-order valence-corrected chi connectivity index (χ1v) is 7.78. The fourth-order valence-corrected chi connectivity index (χ4v) is 3.04. The Morgan fingerprint density at radius 2 is 1.95 bits per heavy atom. The van der Waals surface area contributed by atoms with Gasteiger partial charge in [-0.25, -0.2) is 0 Å². The number of piperidine rings is 1. The minimum atomic E-state index is 0.343. The van der Waals surface area contributed by atoms with E-state index in [9.17, 15) is 5.11 Å². The fourth-order valence-electron chi connectivity index (χ4n) is 3.04. The van der Waals surface area contributed by atoms with Crippen molar-refractivity contribution in [3.8, 4) is 16.9 Å². The molecule has 3 rings (SSSR count). The highest BCUT2D eigenvalue weighted by molar-refractivity contribution is 5.65. The van der Waals surface area contributed by atoms with Crippen molar-refractivity contribution in [3.05, 3.63) is 48.3 Å². The van der Waals surface area contributed by atoms with Gasteiger partial charge in [0.15, 0.2) is 0 Å². The van der Waals surface area contributed by atoms with Gasteiger partial charge in [0.2, 0.25) is 0 Å². The molecule has 1 aromatic carbocycles. The SMILES string of the molecule is Oc1cc(CC[C@H]2CCCCN2)cc(-c2ccncc2)c1. The van der Waals surface area contributed by atoms with E-state index in [1.54, 1.807) is 12.4 Å². The molecule has 1 aromatic heterocycles. The van der Waals surface area contributed by atoms with Crippen LogP contribution < -0.4 is 5.32 Å². The molecule has 3 nitrogen and oxygen atoms in total. The Hall–Kier alpha value is -1.87. The lowest BCUT2D eigenvalue weighted by atomic mass is 9.96. The summed E-state index contributed by atoms with van der Waals surface area (Å²) in [5.41, 5.74) is 3.36. The number of phenols is 1. The lowest BCUT2D eigenvalue weighted by molar-refractivity contribution is 0.382. The summed E-state index contributed by atoms with van der Waals surface area (Å²) in [6.07, 6.45) is 9.62. The predicted octanol–water partition coefficient (Wildman–Crippen LogP) is 3.53. The molecule has 1 fully saturated rings. The van der Waals surface area contributed by atoms with Gasteiger partial charge in [0.05, 0.1) is 0 Å². The Kier molecular flexibility index (Phi) is 4.51. The zero-order valence-corrected chi connectivity index (χ0v) is 12.3. The Morgan fingerprint density at radius 1 is 1.10 bits per heavy atom. The minimum Gasteiger partial charge on any atom is -0.508 e. The number of rotatable bonds is 4. The van der Waals surface area contributed by atoms with E-state index in [1.807, 2.05) is 24.3 Å². The first kappa shape index (κ1) is 14.1. The second kappa shape index (κ2) is 6.72. The maximum Gasteiger partial charge on any atom is 0.116 e. The zero-order chi connectivity index (χ0) is 14.5. The highest BCUT2D eigenvalue weighted by atomic mass is 16.3. The maximum atomic E-state index is 9.96. The van der Waals surface area contributed by atoms with E-state index in [-0.39, 0.29) is 0 Å². The normalized spacial score (nSPS) is 18.6. The average Bonchev–Trinajstić information content (AvgIpc) is 2.54. The van der Waals surface area contributed by atoms with E-state index in [0.29, 0.717) is 11.8 Å². The van der Waals surface area contributed by atoms with E-state index in [1.165, 1.54) is 24.8 Å². The van der Waals surface area contributed by atoms with Crippen LogP contribution in [0.1, 0.15) is 31.2 Å². The first-order chi connectivity index (χ1) is 10.3. The molecule has 0 radical (unpaired) electrons. The highest BCUT2D eigenvalue weighted by Crippen LogP contribution is 2.26. The molecule has 1 saturated heterocycles. The van der Waals surface area contributed by atoms with Crippen LogP contribution in [0.2, 0.25) is 0 Å². The summed E-state index contributed by atoms with van der Waals surface area (Å²) in [5.74, 6) is 0.343. The standard InChI is InChI=1S/C18H22N2O/c21-18-12-14(4-5-17-3-1-2-8-20-17)11-16(13-18)15-6-9-19-10-7-15/h6-7,9-13,17,20-21H,1-5,8H2/t17-/m1/s1. The van der Waals surface area contributed by atoms with Crippen molar-refractivity contribution in [1.82, 2.24) is 10.3 Å². The number of nitrogens with zero attached hydrogens (tertiary/aromatic N) is 1. The molecule has 2 N–H and O–H groups in total. The van der Waals surface area contributed by atoms with Crippen LogP contribution in [0.3, 0.4) is 0 Å². The smallest absolute Gasteiger partial charge is 0.116 e. The molecule has 1 aliphatic heterocycles. The molecule has 0 bridgehead atoms. The summed E-state index contributed by atoms with van der Waals surface area (Å²) in [5, 5.41) is 13.5. The van der Waals surface area contributed by atoms with Gasteiger partial charge in [-0.2, -0.15) is 0 Å². The van der Waals surface area contributed by atoms with Crippen molar-refractivity contribution in [1.29, 1.82) is 0 Å². The van der Waals surface area contributed by atoms with E-state index in [2.05, 4.69) is 16.4 Å². The van der Waals surface area contributed by atoms with E-state index in [4.69, 9.17) is 0 Å². The molecule has 3 heteroatoms. The van der Waals surface area contributed by atoms with Crippen LogP contribution in [0.15, 0.2) is 42.7 Å². The van der Waals surface area contributed by atoms with Crippen molar-refractivity contribution in [2.24, 2.45) is 0 Å². The average molecular weight is 282 g/mol. The summed E-state index contributed by atoms with van der Waals surface area (Å²) in [6.45, 7) is 1.15. The van der Waals surface area contributed by atoms with Gasteiger partial charge in [-0.05, 0) is 73.2 Å². The molecular formula is C18H22N2O. The van der Waals surface area contributed by atoms with E-state index < -0.39 is 0 Å². The molecular weight excluding hydrogens is 260 g/mol. The Morgan fingerprint density at radius 3 is 2.71 bits per heavy atom. The van der Waals surface area contributed by atoms with Crippen LogP contribution in [0, 0.1) is 0 Å². The zero-order valence-electron chi connectivity index (χ0n) is 12.3. The molecule has 2 aromatic rings. The highest BCUT2D eigenvalue weighted by Gasteiger charge is 2.12. The molecule has 110 valence electrons. The maximum absolute atomic E-state index is 9.96. The first-order valence-electron chi connectivity index (χ1n) is 7.78. The predicted molar refractivity (Wildman–Crippen MR) is 85.3 cm³/mol. The lowest BCUT2D eigenvalue weighted by Gasteiger charge is -2.23. The third-order valence-corrected chi connectivity index (χ3v) is 4.19. The van der Waals surface area contributed by atoms with Gasteiger partial charge in [0, 0.05) is 18.4 Å². The number of nitrogens with one attached hydrogen (secondary N) is 1. The topological polar surface area (TPSA) is 45.1 Å². The number of benzene rings is 1. The van der Waals surface area contributed by atoms with Crippen molar-refractivity contribution < 1.29 is 5.11 Å². The van der Waals surface area contributed by atoms with Crippen LogP contribution in [0.4, 0.5) is 0 Å². The Bertz CT molecular complexity index is 577. The minimum absolute atomic E-state index is 0.343. The number of aryl methyl sites for hydroxylation is 1.